The lowest BCUT2D eigenvalue weighted by atomic mass is 10.2. The third kappa shape index (κ3) is 5.91. The molecule has 16 heavy (non-hydrogen) atoms. The van der Waals surface area contributed by atoms with Crippen LogP contribution in [0.4, 0.5) is 0 Å². The van der Waals surface area contributed by atoms with Gasteiger partial charge in [-0.1, -0.05) is 20.8 Å². The molecule has 0 rings (SSSR count). The van der Waals surface area contributed by atoms with E-state index in [-0.39, 0.29) is 6.42 Å². The summed E-state index contributed by atoms with van der Waals surface area (Å²) in [5.74, 6) is 1.60. The molecule has 0 aromatic rings. The number of ether oxygens (including phenoxy) is 2. The van der Waals surface area contributed by atoms with Crippen LogP contribution in [0, 0.1) is 12.3 Å². The van der Waals surface area contributed by atoms with Crippen LogP contribution < -0.4 is 5.11 Å². The zero-order chi connectivity index (χ0) is 12.8. The SMILES string of the molecule is C#CCC(N=C([O-])OC(C)(C)C)C(=O)OC. The summed E-state index contributed by atoms with van der Waals surface area (Å²) in [7, 11) is 1.20. The number of terminal acetylenes is 1. The minimum atomic E-state index is -0.996. The second-order valence-electron chi connectivity index (χ2n) is 4.06. The highest BCUT2D eigenvalue weighted by Gasteiger charge is 2.17. The van der Waals surface area contributed by atoms with Crippen molar-refractivity contribution in [1.29, 1.82) is 0 Å². The summed E-state index contributed by atoms with van der Waals surface area (Å²) in [6, 6.07) is -0.996. The zero-order valence-electron chi connectivity index (χ0n) is 9.94. The monoisotopic (exact) mass is 226 g/mol. The average Bonchev–Trinajstić information content (AvgIpc) is 2.13. The van der Waals surface area contributed by atoms with Gasteiger partial charge in [0.25, 0.3) is 0 Å². The molecule has 0 amide bonds. The van der Waals surface area contributed by atoms with E-state index in [0.29, 0.717) is 0 Å². The lowest BCUT2D eigenvalue weighted by Gasteiger charge is -2.30. The smallest absolute Gasteiger partial charge is 0.331 e. The van der Waals surface area contributed by atoms with Crippen molar-refractivity contribution in [1.82, 2.24) is 0 Å². The molecule has 0 radical (unpaired) electrons. The number of nitrogens with zero attached hydrogens (tertiary/aromatic N) is 1. The molecule has 0 spiro atoms. The predicted molar refractivity (Wildman–Crippen MR) is 57.5 cm³/mol. The number of aliphatic imine (C=N–C) groups is 1. The van der Waals surface area contributed by atoms with Crippen LogP contribution in [0.5, 0.6) is 0 Å². The van der Waals surface area contributed by atoms with Gasteiger partial charge in [0.05, 0.1) is 7.11 Å². The number of methoxy groups -OCH3 is 1. The molecule has 0 bridgehead atoms. The van der Waals surface area contributed by atoms with Crippen molar-refractivity contribution >= 4 is 12.1 Å². The first kappa shape index (κ1) is 14.3. The van der Waals surface area contributed by atoms with Gasteiger partial charge < -0.3 is 14.6 Å². The first-order valence-electron chi connectivity index (χ1n) is 4.75. The summed E-state index contributed by atoms with van der Waals surface area (Å²) in [4.78, 5) is 14.7. The standard InChI is InChI=1S/C11H17NO4/c1-6-7-8(9(13)15-5)12-10(14)16-11(2,3)4/h1,8H,7H2,2-5H3,(H,12,14)/p-1. The quantitative estimate of drug-likeness (QED) is 0.296. The molecule has 0 N–H and O–H groups in total. The normalized spacial score (nSPS) is 13.8. The van der Waals surface area contributed by atoms with Crippen LogP contribution in [0.2, 0.25) is 0 Å². The van der Waals surface area contributed by atoms with E-state index in [1.807, 2.05) is 0 Å². The molecular weight excluding hydrogens is 210 g/mol. The minimum absolute atomic E-state index is 0.00587. The number of hydrogen-bond acceptors (Lipinski definition) is 5. The maximum atomic E-state index is 11.3. The topological polar surface area (TPSA) is 71.0 Å². The minimum Gasteiger partial charge on any atom is -0.595 e. The lowest BCUT2D eigenvalue weighted by Crippen LogP contribution is -2.34. The Morgan fingerprint density at radius 3 is 2.50 bits per heavy atom. The molecule has 0 aliphatic rings. The third-order valence-corrected chi connectivity index (χ3v) is 1.44. The fourth-order valence-electron chi connectivity index (χ4n) is 0.845. The molecule has 90 valence electrons. The van der Waals surface area contributed by atoms with Crippen LogP contribution in [0.15, 0.2) is 4.99 Å². The van der Waals surface area contributed by atoms with Crippen LogP contribution in [0.3, 0.4) is 0 Å². The summed E-state index contributed by atoms with van der Waals surface area (Å²) in [6.07, 6.45) is 4.24. The molecule has 0 heterocycles. The van der Waals surface area contributed by atoms with Crippen LogP contribution in [-0.4, -0.2) is 30.8 Å². The molecule has 0 saturated heterocycles. The van der Waals surface area contributed by atoms with Crippen LogP contribution in [-0.2, 0) is 14.3 Å². The van der Waals surface area contributed by atoms with Gasteiger partial charge in [0, 0.05) is 12.0 Å². The maximum Gasteiger partial charge on any atom is 0.331 e. The number of carbonyl (C=O) groups is 1. The lowest BCUT2D eigenvalue weighted by molar-refractivity contribution is -0.261. The molecule has 1 atom stereocenters. The van der Waals surface area contributed by atoms with E-state index in [1.165, 1.54) is 7.11 Å². The van der Waals surface area contributed by atoms with Crippen molar-refractivity contribution in [2.24, 2.45) is 4.99 Å². The van der Waals surface area contributed by atoms with E-state index in [2.05, 4.69) is 15.6 Å². The van der Waals surface area contributed by atoms with Crippen LogP contribution in [0.25, 0.3) is 0 Å². The fourth-order valence-corrected chi connectivity index (χ4v) is 0.845. The Balaban J connectivity index is 4.66. The summed E-state index contributed by atoms with van der Waals surface area (Å²) >= 11 is 0. The van der Waals surface area contributed by atoms with Crippen molar-refractivity contribution in [3.05, 3.63) is 0 Å². The van der Waals surface area contributed by atoms with Crippen LogP contribution >= 0.6 is 0 Å². The number of rotatable bonds is 3. The fraction of sp³-hybridized carbons (Fsp3) is 0.636. The van der Waals surface area contributed by atoms with Gasteiger partial charge in [0.1, 0.15) is 6.08 Å². The van der Waals surface area contributed by atoms with Gasteiger partial charge >= 0.3 is 5.97 Å². The molecular formula is C11H16NO4-. The summed E-state index contributed by atoms with van der Waals surface area (Å²) in [5.41, 5.74) is -0.655. The number of hydrogen-bond donors (Lipinski definition) is 0. The number of carbonyl (C=O) groups excluding carboxylic acids is 1. The van der Waals surface area contributed by atoms with Crippen molar-refractivity contribution in [2.45, 2.75) is 38.8 Å². The molecule has 5 nitrogen and oxygen atoms in total. The van der Waals surface area contributed by atoms with Gasteiger partial charge in [-0.15, -0.1) is 12.3 Å². The molecule has 5 heteroatoms. The Morgan fingerprint density at radius 2 is 2.12 bits per heavy atom. The zero-order valence-corrected chi connectivity index (χ0v) is 9.94. The van der Waals surface area contributed by atoms with Gasteiger partial charge in [-0.2, -0.15) is 0 Å². The number of esters is 1. The van der Waals surface area contributed by atoms with Gasteiger partial charge in [0.2, 0.25) is 0 Å². The Labute approximate surface area is 95.5 Å². The maximum absolute atomic E-state index is 11.3. The van der Waals surface area contributed by atoms with E-state index in [9.17, 15) is 9.90 Å². The highest BCUT2D eigenvalue weighted by atomic mass is 16.6. The largest absolute Gasteiger partial charge is 0.595 e. The van der Waals surface area contributed by atoms with Crippen molar-refractivity contribution in [2.75, 3.05) is 7.11 Å². The second-order valence-corrected chi connectivity index (χ2v) is 4.06. The summed E-state index contributed by atoms with van der Waals surface area (Å²) < 4.78 is 9.39. The Kier molecular flexibility index (Phi) is 5.37. The Hall–Kier alpha value is -1.70. The van der Waals surface area contributed by atoms with E-state index >= 15 is 0 Å². The van der Waals surface area contributed by atoms with E-state index in [1.54, 1.807) is 20.8 Å². The highest BCUT2D eigenvalue weighted by molar-refractivity contribution is 5.79. The van der Waals surface area contributed by atoms with Crippen molar-refractivity contribution in [3.8, 4) is 12.3 Å². The van der Waals surface area contributed by atoms with Crippen molar-refractivity contribution < 1.29 is 19.4 Å². The molecule has 0 aromatic carbocycles. The Bertz CT molecular complexity index is 309. The van der Waals surface area contributed by atoms with Gasteiger partial charge in [-0.25, -0.2) is 4.79 Å². The van der Waals surface area contributed by atoms with Crippen LogP contribution in [0.1, 0.15) is 27.2 Å². The summed E-state index contributed by atoms with van der Waals surface area (Å²) in [6.45, 7) is 5.11. The van der Waals surface area contributed by atoms with Crippen molar-refractivity contribution in [3.63, 3.8) is 0 Å². The van der Waals surface area contributed by atoms with E-state index < -0.39 is 23.7 Å². The molecule has 1 unspecified atom stereocenters. The third-order valence-electron chi connectivity index (χ3n) is 1.44. The molecule has 0 aliphatic carbocycles. The summed E-state index contributed by atoms with van der Waals surface area (Å²) in [5, 5.41) is 11.3. The molecule has 0 aromatic heterocycles. The van der Waals surface area contributed by atoms with E-state index in [4.69, 9.17) is 11.2 Å². The van der Waals surface area contributed by atoms with Gasteiger partial charge in [-0.3, -0.25) is 4.99 Å². The Morgan fingerprint density at radius 1 is 1.56 bits per heavy atom. The second kappa shape index (κ2) is 6.01. The molecule has 0 saturated carbocycles. The molecule has 0 fully saturated rings. The average molecular weight is 226 g/mol. The molecule has 0 aliphatic heterocycles. The highest BCUT2D eigenvalue weighted by Crippen LogP contribution is 2.07. The van der Waals surface area contributed by atoms with Gasteiger partial charge in [0.15, 0.2) is 6.04 Å². The first-order valence-corrected chi connectivity index (χ1v) is 4.75. The predicted octanol–water partition coefficient (Wildman–Crippen LogP) is 0.0827. The van der Waals surface area contributed by atoms with E-state index in [0.717, 1.165) is 0 Å². The first-order chi connectivity index (χ1) is 7.30. The van der Waals surface area contributed by atoms with Gasteiger partial charge in [-0.05, 0) is 0 Å².